The van der Waals surface area contributed by atoms with E-state index in [1.165, 1.54) is 0 Å². The second-order valence-corrected chi connectivity index (χ2v) is 9.90. The van der Waals surface area contributed by atoms with E-state index >= 15 is 0 Å². The van der Waals surface area contributed by atoms with Crippen LogP contribution in [0.15, 0.2) is 72.8 Å². The van der Waals surface area contributed by atoms with E-state index in [9.17, 15) is 14.7 Å². The first kappa shape index (κ1) is 26.6. The van der Waals surface area contributed by atoms with E-state index in [1.807, 2.05) is 84.6 Å². The number of carboxylic acids is 1. The number of ether oxygens (including phenoxy) is 4. The van der Waals surface area contributed by atoms with Gasteiger partial charge < -0.3 is 24.1 Å². The minimum atomic E-state index is -0.922. The Bertz CT molecular complexity index is 1290. The third kappa shape index (κ3) is 5.56. The number of benzene rings is 3. The minimum absolute atomic E-state index is 0.137. The molecular weight excluding hydrogens is 498 g/mol. The molecule has 39 heavy (non-hydrogen) atoms. The number of hydrogen-bond acceptors (Lipinski definition) is 7. The zero-order chi connectivity index (χ0) is 27.4. The molecule has 8 heteroatoms. The highest BCUT2D eigenvalue weighted by Crippen LogP contribution is 2.49. The molecule has 8 nitrogen and oxygen atoms in total. The molecule has 0 aromatic heterocycles. The van der Waals surface area contributed by atoms with Crippen molar-refractivity contribution in [3.63, 3.8) is 0 Å². The highest BCUT2D eigenvalue weighted by molar-refractivity contribution is 5.78. The van der Waals surface area contributed by atoms with Crippen molar-refractivity contribution in [2.45, 2.75) is 44.4 Å². The molecule has 0 saturated carbocycles. The van der Waals surface area contributed by atoms with Gasteiger partial charge in [-0.3, -0.25) is 14.5 Å². The summed E-state index contributed by atoms with van der Waals surface area (Å²) in [5.74, 6) is -0.548. The van der Waals surface area contributed by atoms with E-state index in [4.69, 9.17) is 18.9 Å². The molecule has 1 saturated heterocycles. The van der Waals surface area contributed by atoms with Crippen LogP contribution < -0.4 is 14.2 Å². The zero-order valence-electron chi connectivity index (χ0n) is 22.1. The molecule has 0 radical (unpaired) electrons. The molecule has 1 N–H and O–H groups in total. The quantitative estimate of drug-likeness (QED) is 0.358. The number of aliphatic carboxylic acids is 1. The van der Waals surface area contributed by atoms with Gasteiger partial charge in [0.2, 0.25) is 6.79 Å². The molecule has 1 fully saturated rings. The van der Waals surface area contributed by atoms with Crippen molar-refractivity contribution in [3.8, 4) is 17.2 Å². The summed E-state index contributed by atoms with van der Waals surface area (Å²) in [5.41, 5.74) is 2.54. The number of carbonyl (C=O) groups excluding carboxylic acids is 1. The van der Waals surface area contributed by atoms with Crippen LogP contribution in [0.3, 0.4) is 0 Å². The van der Waals surface area contributed by atoms with Crippen molar-refractivity contribution < 1.29 is 33.6 Å². The predicted octanol–water partition coefficient (Wildman–Crippen LogP) is 5.18. The smallest absolute Gasteiger partial charge is 0.323 e. The molecule has 3 aromatic rings. The topological polar surface area (TPSA) is 94.5 Å². The summed E-state index contributed by atoms with van der Waals surface area (Å²) in [7, 11) is 1.59. The van der Waals surface area contributed by atoms with Gasteiger partial charge in [-0.15, -0.1) is 0 Å². The molecule has 5 rings (SSSR count). The third-order valence-corrected chi connectivity index (χ3v) is 7.56. The number of carboxylic acid groups (broad SMARTS) is 1. The Morgan fingerprint density at radius 1 is 1.00 bits per heavy atom. The SMILES string of the molecule is CCC[C@H](C(=O)OCc1ccccc1)N1CC(c2ccc3c(c2)OCO3)C(C(=O)O)C1c1ccc(OC)cc1. The highest BCUT2D eigenvalue weighted by Gasteiger charge is 2.51. The van der Waals surface area contributed by atoms with Crippen LogP contribution in [-0.2, 0) is 20.9 Å². The van der Waals surface area contributed by atoms with Crippen LogP contribution in [0.4, 0.5) is 0 Å². The Labute approximate surface area is 228 Å². The molecule has 2 aliphatic rings. The van der Waals surface area contributed by atoms with Crippen molar-refractivity contribution >= 4 is 11.9 Å². The van der Waals surface area contributed by atoms with Crippen LogP contribution in [0.25, 0.3) is 0 Å². The number of methoxy groups -OCH3 is 1. The molecule has 3 unspecified atom stereocenters. The Kier molecular flexibility index (Phi) is 8.02. The standard InChI is InChI=1S/C31H33NO7/c1-3-7-25(31(35)37-18-20-8-5-4-6-9-20)32-17-24(22-12-15-26-27(16-22)39-19-38-26)28(30(33)34)29(32)21-10-13-23(36-2)14-11-21/h4-6,8-16,24-25,28-29H,3,7,17-19H2,1-2H3,(H,33,34)/t24?,25-,28?,29?/m1/s1. The van der Waals surface area contributed by atoms with Crippen LogP contribution in [0.2, 0.25) is 0 Å². The van der Waals surface area contributed by atoms with Gasteiger partial charge in [-0.05, 0) is 47.4 Å². The Morgan fingerprint density at radius 3 is 2.41 bits per heavy atom. The second kappa shape index (κ2) is 11.8. The fourth-order valence-corrected chi connectivity index (χ4v) is 5.68. The average Bonchev–Trinajstić information content (AvgIpc) is 3.60. The van der Waals surface area contributed by atoms with Gasteiger partial charge in [0.1, 0.15) is 18.4 Å². The summed E-state index contributed by atoms with van der Waals surface area (Å²) in [6.45, 7) is 2.69. The summed E-state index contributed by atoms with van der Waals surface area (Å²) >= 11 is 0. The maximum atomic E-state index is 13.6. The van der Waals surface area contributed by atoms with E-state index in [0.29, 0.717) is 30.2 Å². The van der Waals surface area contributed by atoms with E-state index in [0.717, 1.165) is 23.1 Å². The first-order chi connectivity index (χ1) is 19.0. The Morgan fingerprint density at radius 2 is 1.72 bits per heavy atom. The summed E-state index contributed by atoms with van der Waals surface area (Å²) in [4.78, 5) is 28.5. The average molecular weight is 532 g/mol. The molecule has 2 heterocycles. The lowest BCUT2D eigenvalue weighted by molar-refractivity contribution is -0.153. The van der Waals surface area contributed by atoms with Crippen LogP contribution in [0.5, 0.6) is 17.2 Å². The lowest BCUT2D eigenvalue weighted by atomic mass is 9.82. The van der Waals surface area contributed by atoms with Gasteiger partial charge in [0.05, 0.1) is 13.0 Å². The van der Waals surface area contributed by atoms with Gasteiger partial charge in [0.25, 0.3) is 0 Å². The Hall–Kier alpha value is -4.04. The Balaban J connectivity index is 1.52. The van der Waals surface area contributed by atoms with Crippen LogP contribution in [0.1, 0.15) is 48.4 Å². The summed E-state index contributed by atoms with van der Waals surface area (Å²) in [6, 6.07) is 21.4. The molecule has 3 aromatic carbocycles. The second-order valence-electron chi connectivity index (χ2n) is 9.90. The number of rotatable bonds is 10. The zero-order valence-corrected chi connectivity index (χ0v) is 22.1. The maximum Gasteiger partial charge on any atom is 0.323 e. The number of carbonyl (C=O) groups is 2. The predicted molar refractivity (Wildman–Crippen MR) is 144 cm³/mol. The minimum Gasteiger partial charge on any atom is -0.497 e. The van der Waals surface area contributed by atoms with Crippen molar-refractivity contribution in [3.05, 3.63) is 89.5 Å². The molecule has 0 bridgehead atoms. The van der Waals surface area contributed by atoms with Gasteiger partial charge in [-0.2, -0.15) is 0 Å². The fourth-order valence-electron chi connectivity index (χ4n) is 5.68. The number of esters is 1. The lowest BCUT2D eigenvalue weighted by Crippen LogP contribution is -2.43. The fraction of sp³-hybridized carbons (Fsp3) is 0.355. The number of nitrogens with zero attached hydrogens (tertiary/aromatic N) is 1. The number of likely N-dealkylation sites (tertiary alicyclic amines) is 1. The number of hydrogen-bond donors (Lipinski definition) is 1. The molecule has 0 aliphatic carbocycles. The van der Waals surface area contributed by atoms with E-state index < -0.39 is 24.0 Å². The normalized spacial score (nSPS) is 20.9. The first-order valence-electron chi connectivity index (χ1n) is 13.2. The largest absolute Gasteiger partial charge is 0.497 e. The van der Waals surface area contributed by atoms with Crippen LogP contribution in [0, 0.1) is 5.92 Å². The van der Waals surface area contributed by atoms with Gasteiger partial charge >= 0.3 is 11.9 Å². The van der Waals surface area contributed by atoms with Gasteiger partial charge in [-0.25, -0.2) is 0 Å². The van der Waals surface area contributed by atoms with Gasteiger partial charge in [0.15, 0.2) is 11.5 Å². The van der Waals surface area contributed by atoms with Crippen molar-refractivity contribution in [1.82, 2.24) is 4.90 Å². The summed E-state index contributed by atoms with van der Waals surface area (Å²) in [6.07, 6.45) is 1.28. The van der Waals surface area contributed by atoms with Crippen molar-refractivity contribution in [2.24, 2.45) is 5.92 Å². The molecule has 204 valence electrons. The molecular formula is C31H33NO7. The van der Waals surface area contributed by atoms with Crippen molar-refractivity contribution in [1.29, 1.82) is 0 Å². The maximum absolute atomic E-state index is 13.6. The molecule has 0 amide bonds. The van der Waals surface area contributed by atoms with E-state index in [1.54, 1.807) is 7.11 Å². The van der Waals surface area contributed by atoms with Gasteiger partial charge in [0, 0.05) is 18.5 Å². The summed E-state index contributed by atoms with van der Waals surface area (Å²) in [5, 5.41) is 10.6. The lowest BCUT2D eigenvalue weighted by Gasteiger charge is -2.33. The number of fused-ring (bicyclic) bond motifs is 1. The van der Waals surface area contributed by atoms with E-state index in [2.05, 4.69) is 0 Å². The molecule has 0 spiro atoms. The van der Waals surface area contributed by atoms with Gasteiger partial charge in [-0.1, -0.05) is 61.9 Å². The highest BCUT2D eigenvalue weighted by atomic mass is 16.7. The van der Waals surface area contributed by atoms with Crippen molar-refractivity contribution in [2.75, 3.05) is 20.4 Å². The molecule has 4 atom stereocenters. The van der Waals surface area contributed by atoms with E-state index in [-0.39, 0.29) is 25.3 Å². The molecule has 2 aliphatic heterocycles. The van der Waals surface area contributed by atoms with Crippen LogP contribution in [-0.4, -0.2) is 48.4 Å². The summed E-state index contributed by atoms with van der Waals surface area (Å²) < 4.78 is 22.2. The monoisotopic (exact) mass is 531 g/mol. The third-order valence-electron chi connectivity index (χ3n) is 7.56. The first-order valence-corrected chi connectivity index (χ1v) is 13.2. The van der Waals surface area contributed by atoms with Crippen LogP contribution >= 0.6 is 0 Å².